The number of benzene rings is 2. The van der Waals surface area contributed by atoms with Gasteiger partial charge in [0.1, 0.15) is 17.1 Å². The lowest BCUT2D eigenvalue weighted by molar-refractivity contribution is -0.0597. The summed E-state index contributed by atoms with van der Waals surface area (Å²) in [5, 5.41) is 26.8. The molecule has 0 aliphatic carbocycles. The number of aromatic amines is 2. The molecular formula is C31H35N3O6. The molecule has 0 bridgehead atoms. The van der Waals surface area contributed by atoms with Crippen LogP contribution in [0.15, 0.2) is 57.2 Å². The van der Waals surface area contributed by atoms with Gasteiger partial charge in [0.15, 0.2) is 0 Å². The Labute approximate surface area is 231 Å². The fraction of sp³-hybridized carbons (Fsp3) is 0.387. The third-order valence-corrected chi connectivity index (χ3v) is 8.01. The Morgan fingerprint density at radius 3 is 2.60 bits per heavy atom. The number of amides is 1. The molecule has 5 rings (SSSR count). The summed E-state index contributed by atoms with van der Waals surface area (Å²) in [5.41, 5.74) is 2.27. The summed E-state index contributed by atoms with van der Waals surface area (Å²) in [6, 6.07) is 6.17. The predicted molar refractivity (Wildman–Crippen MR) is 154 cm³/mol. The number of fused-ring (bicyclic) bond motifs is 4. The topological polar surface area (TPSA) is 136 Å². The van der Waals surface area contributed by atoms with E-state index in [1.54, 1.807) is 12.1 Å². The maximum absolute atomic E-state index is 13.6. The van der Waals surface area contributed by atoms with Crippen molar-refractivity contribution in [3.8, 4) is 11.5 Å². The Balaban J connectivity index is 1.45. The van der Waals surface area contributed by atoms with E-state index in [0.717, 1.165) is 12.8 Å². The standard InChI is InChI=1S/C31H35N3O6/c1-17(2)8-5-9-18(3)10-7-13-31(4)25(36)15-21-24(35)14-20-22(27(21)40-31)16-34(30(20)39)23-12-6-11-19-26(23)29(38)33-32-28(19)37/h6,8,10-12,14,25,35-36H,5,7,9,13,15-16H2,1-4H3,(H,32,37)(H,33,38). The van der Waals surface area contributed by atoms with Crippen LogP contribution in [-0.2, 0) is 13.0 Å². The first kappa shape index (κ1) is 27.5. The molecule has 2 aliphatic rings. The number of allylic oxidation sites excluding steroid dienone is 4. The molecule has 0 saturated carbocycles. The number of rotatable bonds is 7. The lowest BCUT2D eigenvalue weighted by atomic mass is 9.84. The molecule has 2 unspecified atom stereocenters. The van der Waals surface area contributed by atoms with E-state index in [1.807, 2.05) is 6.92 Å². The van der Waals surface area contributed by atoms with Crippen LogP contribution in [0.3, 0.4) is 0 Å². The van der Waals surface area contributed by atoms with Crippen molar-refractivity contribution in [1.82, 2.24) is 10.2 Å². The first-order chi connectivity index (χ1) is 19.0. The third kappa shape index (κ3) is 4.86. The zero-order valence-electron chi connectivity index (χ0n) is 23.3. The van der Waals surface area contributed by atoms with Gasteiger partial charge < -0.3 is 19.8 Å². The summed E-state index contributed by atoms with van der Waals surface area (Å²) >= 11 is 0. The fourth-order valence-corrected chi connectivity index (χ4v) is 5.63. The molecule has 1 amide bonds. The van der Waals surface area contributed by atoms with Gasteiger partial charge >= 0.3 is 0 Å². The Hall–Kier alpha value is -4.11. The molecule has 3 heterocycles. The number of carbonyl (C=O) groups is 1. The van der Waals surface area contributed by atoms with Crippen LogP contribution in [0.5, 0.6) is 11.5 Å². The van der Waals surface area contributed by atoms with Gasteiger partial charge in [-0.25, -0.2) is 0 Å². The number of aliphatic hydroxyl groups is 1. The second-order valence-corrected chi connectivity index (χ2v) is 11.3. The Morgan fingerprint density at radius 2 is 1.85 bits per heavy atom. The van der Waals surface area contributed by atoms with Gasteiger partial charge in [-0.3, -0.25) is 24.6 Å². The van der Waals surface area contributed by atoms with Crippen LogP contribution in [0.4, 0.5) is 5.69 Å². The summed E-state index contributed by atoms with van der Waals surface area (Å²) in [6.45, 7) is 8.23. The lowest BCUT2D eigenvalue weighted by Gasteiger charge is -2.40. The van der Waals surface area contributed by atoms with Crippen molar-refractivity contribution in [2.45, 2.75) is 78.0 Å². The number of nitrogens with one attached hydrogen (secondary N) is 2. The van der Waals surface area contributed by atoms with Crippen molar-refractivity contribution in [1.29, 1.82) is 0 Å². The van der Waals surface area contributed by atoms with Gasteiger partial charge in [-0.1, -0.05) is 29.4 Å². The number of hydrogen-bond acceptors (Lipinski definition) is 6. The van der Waals surface area contributed by atoms with E-state index in [9.17, 15) is 24.6 Å². The quantitative estimate of drug-likeness (QED) is 0.320. The Bertz CT molecular complexity index is 1680. The molecule has 9 heteroatoms. The highest BCUT2D eigenvalue weighted by atomic mass is 16.5. The number of anilines is 1. The normalized spacial score (nSPS) is 20.3. The van der Waals surface area contributed by atoms with Crippen LogP contribution in [0.1, 0.15) is 74.9 Å². The number of phenols is 1. The number of aromatic hydroxyl groups is 1. The van der Waals surface area contributed by atoms with Gasteiger partial charge in [0.05, 0.1) is 34.7 Å². The molecule has 2 aliphatic heterocycles. The minimum absolute atomic E-state index is 0.0949. The van der Waals surface area contributed by atoms with Crippen LogP contribution in [-0.4, -0.2) is 38.0 Å². The Kier molecular flexibility index (Phi) is 7.18. The first-order valence-electron chi connectivity index (χ1n) is 13.6. The lowest BCUT2D eigenvalue weighted by Crippen LogP contribution is -2.49. The van der Waals surface area contributed by atoms with Gasteiger partial charge in [-0.15, -0.1) is 0 Å². The van der Waals surface area contributed by atoms with Crippen LogP contribution in [0, 0.1) is 0 Å². The molecule has 2 aromatic carbocycles. The van der Waals surface area contributed by atoms with Gasteiger partial charge in [0.25, 0.3) is 17.0 Å². The Morgan fingerprint density at radius 1 is 1.10 bits per heavy atom. The third-order valence-electron chi connectivity index (χ3n) is 8.01. The van der Waals surface area contributed by atoms with Crippen molar-refractivity contribution in [2.75, 3.05) is 4.90 Å². The number of nitrogens with zero attached hydrogens (tertiary/aromatic N) is 1. The van der Waals surface area contributed by atoms with Gasteiger partial charge in [-0.2, -0.15) is 0 Å². The average molecular weight is 546 g/mol. The monoisotopic (exact) mass is 545 g/mol. The molecule has 210 valence electrons. The van der Waals surface area contributed by atoms with E-state index in [4.69, 9.17) is 4.74 Å². The summed E-state index contributed by atoms with van der Waals surface area (Å²) in [4.78, 5) is 40.0. The molecule has 40 heavy (non-hydrogen) atoms. The van der Waals surface area contributed by atoms with Crippen LogP contribution < -0.4 is 20.8 Å². The highest BCUT2D eigenvalue weighted by molar-refractivity contribution is 6.14. The minimum atomic E-state index is -0.925. The van der Waals surface area contributed by atoms with Crippen LogP contribution >= 0.6 is 0 Å². The number of aromatic nitrogens is 2. The molecule has 3 aromatic rings. The van der Waals surface area contributed by atoms with E-state index >= 15 is 0 Å². The van der Waals surface area contributed by atoms with Crippen molar-refractivity contribution in [3.05, 3.63) is 85.0 Å². The van der Waals surface area contributed by atoms with Crippen molar-refractivity contribution in [3.63, 3.8) is 0 Å². The van der Waals surface area contributed by atoms with Gasteiger partial charge in [-0.05, 0) is 71.6 Å². The maximum atomic E-state index is 13.6. The minimum Gasteiger partial charge on any atom is -0.508 e. The van der Waals surface area contributed by atoms with Crippen LogP contribution in [0.2, 0.25) is 0 Å². The van der Waals surface area contributed by atoms with Crippen molar-refractivity contribution < 1.29 is 19.7 Å². The summed E-state index contributed by atoms with van der Waals surface area (Å²) in [5.74, 6) is -0.131. The molecule has 0 spiro atoms. The largest absolute Gasteiger partial charge is 0.508 e. The van der Waals surface area contributed by atoms with E-state index in [1.165, 1.54) is 28.2 Å². The summed E-state index contributed by atoms with van der Waals surface area (Å²) in [6.07, 6.45) is 6.95. The molecule has 0 fully saturated rings. The fourth-order valence-electron chi connectivity index (χ4n) is 5.63. The number of carbonyl (C=O) groups excluding carboxylic acids is 1. The SMILES string of the molecule is CC(C)=CCCC(C)=CCCC1(C)Oc2c(c(O)cc3c2CN(c2cccc4c(=O)[nH][nH]c(=O)c24)C3=O)CC1O. The van der Waals surface area contributed by atoms with Gasteiger partial charge in [0, 0.05) is 17.5 Å². The molecule has 2 atom stereocenters. The average Bonchev–Trinajstić information content (AvgIpc) is 3.23. The number of ether oxygens (including phenoxy) is 1. The van der Waals surface area contributed by atoms with Crippen LogP contribution in [0.25, 0.3) is 10.8 Å². The van der Waals surface area contributed by atoms with E-state index in [-0.39, 0.29) is 35.1 Å². The molecule has 0 radical (unpaired) electrons. The maximum Gasteiger partial charge on any atom is 0.272 e. The van der Waals surface area contributed by atoms with Crippen molar-refractivity contribution in [2.24, 2.45) is 0 Å². The van der Waals surface area contributed by atoms with E-state index in [0.29, 0.717) is 35.4 Å². The highest BCUT2D eigenvalue weighted by Crippen LogP contribution is 2.47. The summed E-state index contributed by atoms with van der Waals surface area (Å²) in [7, 11) is 0. The van der Waals surface area contributed by atoms with E-state index < -0.39 is 28.7 Å². The second-order valence-electron chi connectivity index (χ2n) is 11.3. The number of aliphatic hydroxyl groups excluding tert-OH is 1. The second kappa shape index (κ2) is 10.5. The van der Waals surface area contributed by atoms with Crippen molar-refractivity contribution >= 4 is 22.4 Å². The zero-order chi connectivity index (χ0) is 28.8. The molecule has 4 N–H and O–H groups in total. The number of H-pyrrole nitrogens is 2. The zero-order valence-corrected chi connectivity index (χ0v) is 23.3. The highest BCUT2D eigenvalue weighted by Gasteiger charge is 2.44. The van der Waals surface area contributed by atoms with Gasteiger partial charge in [0.2, 0.25) is 0 Å². The number of phenolic OH excluding ortho intramolecular Hbond substituents is 1. The molecule has 0 saturated heterocycles. The molecular weight excluding hydrogens is 510 g/mol. The summed E-state index contributed by atoms with van der Waals surface area (Å²) < 4.78 is 6.46. The molecule has 9 nitrogen and oxygen atoms in total. The van der Waals surface area contributed by atoms with E-state index in [2.05, 4.69) is 43.1 Å². The smallest absolute Gasteiger partial charge is 0.272 e. The number of hydrogen-bond donors (Lipinski definition) is 4. The first-order valence-corrected chi connectivity index (χ1v) is 13.6. The predicted octanol–water partition coefficient (Wildman–Crippen LogP) is 4.61. The molecule has 1 aromatic heterocycles.